The highest BCUT2D eigenvalue weighted by atomic mass is 19.4. The third-order valence-corrected chi connectivity index (χ3v) is 2.85. The zero-order valence-corrected chi connectivity index (χ0v) is 10.6. The topological polar surface area (TPSA) is 15.3 Å². The second-order valence-corrected chi connectivity index (χ2v) is 4.19. The first-order valence-electron chi connectivity index (χ1n) is 5.79. The fourth-order valence-corrected chi connectivity index (χ4v) is 2.14. The molecule has 0 saturated heterocycles. The highest BCUT2D eigenvalue weighted by molar-refractivity contribution is 4.82. The molecule has 0 amide bonds. The number of nitrogens with one attached hydrogen (secondary N) is 1. The molecule has 1 N–H and O–H groups in total. The first-order chi connectivity index (χ1) is 7.35. The fourth-order valence-electron chi connectivity index (χ4n) is 2.14. The lowest BCUT2D eigenvalue weighted by Gasteiger charge is -2.34. The molecule has 0 aliphatic rings. The Hall–Kier alpha value is -0.290. The third kappa shape index (κ3) is 5.70. The molecule has 0 aromatic carbocycles. The minimum atomic E-state index is -4.12. The second kappa shape index (κ2) is 7.12. The molecule has 0 aromatic heterocycles. The van der Waals surface area contributed by atoms with E-state index in [9.17, 15) is 13.2 Å². The molecule has 2 nitrogen and oxygen atoms in total. The summed E-state index contributed by atoms with van der Waals surface area (Å²) in [7, 11) is 3.35. The summed E-state index contributed by atoms with van der Waals surface area (Å²) in [5, 5.41) is 3.11. The van der Waals surface area contributed by atoms with Gasteiger partial charge in [0.05, 0.1) is 6.54 Å². The van der Waals surface area contributed by atoms with Crippen molar-refractivity contribution in [2.75, 3.05) is 20.6 Å². The Kier molecular flexibility index (Phi) is 6.99. The number of hydrogen-bond acceptors (Lipinski definition) is 2. The Bertz CT molecular complexity index is 183. The minimum Gasteiger partial charge on any atom is -0.315 e. The highest BCUT2D eigenvalue weighted by Gasteiger charge is 2.33. The van der Waals surface area contributed by atoms with Crippen LogP contribution in [0.3, 0.4) is 0 Å². The maximum atomic E-state index is 12.3. The predicted molar refractivity (Wildman–Crippen MR) is 60.5 cm³/mol. The van der Waals surface area contributed by atoms with Crippen molar-refractivity contribution in [3.05, 3.63) is 0 Å². The lowest BCUT2D eigenvalue weighted by molar-refractivity contribution is -0.148. The van der Waals surface area contributed by atoms with Crippen molar-refractivity contribution in [2.45, 2.75) is 51.4 Å². The van der Waals surface area contributed by atoms with Gasteiger partial charge in [-0.25, -0.2) is 0 Å². The molecule has 0 heterocycles. The summed E-state index contributed by atoms with van der Waals surface area (Å²) < 4.78 is 36.9. The molecule has 0 aromatic rings. The van der Waals surface area contributed by atoms with Gasteiger partial charge in [-0.2, -0.15) is 13.2 Å². The van der Waals surface area contributed by atoms with Gasteiger partial charge >= 0.3 is 6.18 Å². The van der Waals surface area contributed by atoms with E-state index in [-0.39, 0.29) is 12.1 Å². The zero-order valence-electron chi connectivity index (χ0n) is 10.6. The predicted octanol–water partition coefficient (Wildman–Crippen LogP) is 2.65. The average molecular weight is 240 g/mol. The summed E-state index contributed by atoms with van der Waals surface area (Å²) in [5.41, 5.74) is 0. The van der Waals surface area contributed by atoms with Crippen LogP contribution < -0.4 is 5.32 Å². The van der Waals surface area contributed by atoms with E-state index in [1.54, 1.807) is 7.05 Å². The van der Waals surface area contributed by atoms with Gasteiger partial charge in [-0.15, -0.1) is 0 Å². The van der Waals surface area contributed by atoms with Crippen LogP contribution in [0.2, 0.25) is 0 Å². The van der Waals surface area contributed by atoms with Crippen molar-refractivity contribution < 1.29 is 13.2 Å². The van der Waals surface area contributed by atoms with Gasteiger partial charge in [0.15, 0.2) is 0 Å². The summed E-state index contributed by atoms with van der Waals surface area (Å²) in [6, 6.07) is 0.0638. The Labute approximate surface area is 96.2 Å². The summed E-state index contributed by atoms with van der Waals surface area (Å²) >= 11 is 0. The summed E-state index contributed by atoms with van der Waals surface area (Å²) in [6.07, 6.45) is -1.52. The molecule has 98 valence electrons. The number of halogens is 3. The molecule has 0 spiro atoms. The molecule has 0 aliphatic heterocycles. The number of nitrogens with zero attached hydrogens (tertiary/aromatic N) is 1. The summed E-state index contributed by atoms with van der Waals surface area (Å²) in [5.74, 6) is 0. The van der Waals surface area contributed by atoms with Crippen molar-refractivity contribution in [3.8, 4) is 0 Å². The lowest BCUT2D eigenvalue weighted by Crippen LogP contribution is -2.49. The maximum absolute atomic E-state index is 12.3. The Morgan fingerprint density at radius 3 is 2.12 bits per heavy atom. The van der Waals surface area contributed by atoms with E-state index >= 15 is 0 Å². The van der Waals surface area contributed by atoms with Gasteiger partial charge in [0, 0.05) is 12.1 Å². The number of alkyl halides is 3. The number of hydrogen-bond donors (Lipinski definition) is 1. The van der Waals surface area contributed by atoms with Gasteiger partial charge in [0.2, 0.25) is 0 Å². The summed E-state index contributed by atoms with van der Waals surface area (Å²) in [4.78, 5) is 1.40. The van der Waals surface area contributed by atoms with E-state index < -0.39 is 12.7 Å². The largest absolute Gasteiger partial charge is 0.401 e. The van der Waals surface area contributed by atoms with Gasteiger partial charge < -0.3 is 5.32 Å². The van der Waals surface area contributed by atoms with Crippen molar-refractivity contribution in [1.29, 1.82) is 0 Å². The van der Waals surface area contributed by atoms with E-state index in [0.29, 0.717) is 0 Å². The van der Waals surface area contributed by atoms with Crippen LogP contribution in [0.5, 0.6) is 0 Å². The monoisotopic (exact) mass is 240 g/mol. The van der Waals surface area contributed by atoms with Crippen molar-refractivity contribution >= 4 is 0 Å². The molecule has 0 fully saturated rings. The zero-order chi connectivity index (χ0) is 12.8. The lowest BCUT2D eigenvalue weighted by atomic mass is 10.00. The number of rotatable bonds is 7. The van der Waals surface area contributed by atoms with Crippen LogP contribution in [0.4, 0.5) is 13.2 Å². The van der Waals surface area contributed by atoms with E-state index in [4.69, 9.17) is 0 Å². The standard InChI is InChI=1S/C11H23F3N2/c1-5-7-9(15-3)10(6-2)16(4)8-11(12,13)14/h9-10,15H,5-8H2,1-4H3. The maximum Gasteiger partial charge on any atom is 0.401 e. The van der Waals surface area contributed by atoms with Crippen molar-refractivity contribution in [1.82, 2.24) is 10.2 Å². The molecule has 0 aliphatic carbocycles. The normalized spacial score (nSPS) is 16.5. The molecule has 5 heteroatoms. The van der Waals surface area contributed by atoms with Crippen LogP contribution in [0.25, 0.3) is 0 Å². The second-order valence-electron chi connectivity index (χ2n) is 4.19. The molecule has 2 unspecified atom stereocenters. The van der Waals surface area contributed by atoms with Crippen molar-refractivity contribution in [2.24, 2.45) is 0 Å². The van der Waals surface area contributed by atoms with Crippen LogP contribution >= 0.6 is 0 Å². The van der Waals surface area contributed by atoms with E-state index in [0.717, 1.165) is 19.3 Å². The van der Waals surface area contributed by atoms with Gasteiger partial charge in [-0.3, -0.25) is 4.90 Å². The Morgan fingerprint density at radius 1 is 1.25 bits per heavy atom. The first-order valence-corrected chi connectivity index (χ1v) is 5.79. The van der Waals surface area contributed by atoms with E-state index in [1.165, 1.54) is 4.90 Å². The third-order valence-electron chi connectivity index (χ3n) is 2.85. The fraction of sp³-hybridized carbons (Fsp3) is 1.00. The van der Waals surface area contributed by atoms with E-state index in [2.05, 4.69) is 5.32 Å². The van der Waals surface area contributed by atoms with Crippen LogP contribution in [0.1, 0.15) is 33.1 Å². The minimum absolute atomic E-state index is 0.0634. The molecule has 0 radical (unpaired) electrons. The van der Waals surface area contributed by atoms with Crippen LogP contribution in [-0.2, 0) is 0 Å². The quantitative estimate of drug-likeness (QED) is 0.736. The van der Waals surface area contributed by atoms with E-state index in [1.807, 2.05) is 20.9 Å². The van der Waals surface area contributed by atoms with Gasteiger partial charge in [-0.05, 0) is 26.9 Å². The van der Waals surface area contributed by atoms with Gasteiger partial charge in [0.25, 0.3) is 0 Å². The average Bonchev–Trinajstić information content (AvgIpc) is 2.14. The SMILES string of the molecule is CCCC(NC)C(CC)N(C)CC(F)(F)F. The van der Waals surface area contributed by atoms with Crippen LogP contribution in [-0.4, -0.2) is 43.8 Å². The van der Waals surface area contributed by atoms with Crippen LogP contribution in [0.15, 0.2) is 0 Å². The molecule has 0 bridgehead atoms. The van der Waals surface area contributed by atoms with Crippen LogP contribution in [0, 0.1) is 0 Å². The molecule has 0 rings (SSSR count). The first kappa shape index (κ1) is 15.7. The smallest absolute Gasteiger partial charge is 0.315 e. The van der Waals surface area contributed by atoms with Gasteiger partial charge in [0.1, 0.15) is 0 Å². The summed E-state index contributed by atoms with van der Waals surface area (Å²) in [6.45, 7) is 3.13. The highest BCUT2D eigenvalue weighted by Crippen LogP contribution is 2.20. The molecule has 16 heavy (non-hydrogen) atoms. The molecular formula is C11H23F3N2. The Balaban J connectivity index is 4.44. The molecular weight excluding hydrogens is 217 g/mol. The van der Waals surface area contributed by atoms with Crippen molar-refractivity contribution in [3.63, 3.8) is 0 Å². The van der Waals surface area contributed by atoms with Gasteiger partial charge in [-0.1, -0.05) is 20.3 Å². The Morgan fingerprint density at radius 2 is 1.81 bits per heavy atom. The number of likely N-dealkylation sites (N-methyl/N-ethyl adjacent to an activating group) is 2. The molecule has 2 atom stereocenters. The molecule has 0 saturated carbocycles.